The van der Waals surface area contributed by atoms with E-state index >= 15 is 0 Å². The molecule has 0 aromatic carbocycles. The van der Waals surface area contributed by atoms with Crippen molar-refractivity contribution in [1.29, 1.82) is 0 Å². The van der Waals surface area contributed by atoms with Crippen LogP contribution < -0.4 is 0 Å². The van der Waals surface area contributed by atoms with Gasteiger partial charge in [-0.1, -0.05) is 23.2 Å². The van der Waals surface area contributed by atoms with Gasteiger partial charge in [0.05, 0.1) is 11.6 Å². The molecular weight excluding hydrogens is 374 g/mol. The van der Waals surface area contributed by atoms with Gasteiger partial charge in [0.25, 0.3) is 0 Å². The molecule has 5 nitrogen and oxygen atoms in total. The van der Waals surface area contributed by atoms with Crippen LogP contribution in [0.25, 0.3) is 11.5 Å². The maximum absolute atomic E-state index is 12.9. The quantitative estimate of drug-likeness (QED) is 0.685. The summed E-state index contributed by atoms with van der Waals surface area (Å²) < 4.78 is 40.3. The van der Waals surface area contributed by atoms with Crippen LogP contribution in [0.5, 0.6) is 0 Å². The molecule has 0 atom stereocenters. The van der Waals surface area contributed by atoms with Gasteiger partial charge in [0, 0.05) is 24.0 Å². The van der Waals surface area contributed by atoms with E-state index in [9.17, 15) is 13.2 Å². The van der Waals surface area contributed by atoms with Crippen LogP contribution in [-0.2, 0) is 12.7 Å². The highest BCUT2D eigenvalue weighted by atomic mass is 35.5. The van der Waals surface area contributed by atoms with Crippen molar-refractivity contribution < 1.29 is 13.2 Å². The Kier molecular flexibility index (Phi) is 4.26. The summed E-state index contributed by atoms with van der Waals surface area (Å²) >= 11 is 12.5. The lowest BCUT2D eigenvalue weighted by Crippen LogP contribution is -2.06. The number of hydrogen-bond donors (Lipinski definition) is 0. The van der Waals surface area contributed by atoms with E-state index in [1.807, 2.05) is 0 Å². The topological polar surface area (TPSA) is 56.5 Å². The van der Waals surface area contributed by atoms with Crippen LogP contribution in [0.3, 0.4) is 0 Å². The van der Waals surface area contributed by atoms with E-state index in [1.165, 1.54) is 22.3 Å². The molecule has 3 aromatic rings. The van der Waals surface area contributed by atoms with Gasteiger partial charge in [-0.15, -0.1) is 11.3 Å². The van der Waals surface area contributed by atoms with Crippen molar-refractivity contribution in [3.8, 4) is 11.5 Å². The third kappa shape index (κ3) is 3.62. The first kappa shape index (κ1) is 16.2. The highest BCUT2D eigenvalue weighted by Gasteiger charge is 2.35. The van der Waals surface area contributed by atoms with Gasteiger partial charge >= 0.3 is 6.18 Å². The van der Waals surface area contributed by atoms with Gasteiger partial charge in [-0.05, 0) is 0 Å². The predicted octanol–water partition coefficient (Wildman–Crippen LogP) is 4.17. The Labute approximate surface area is 141 Å². The van der Waals surface area contributed by atoms with E-state index in [4.69, 9.17) is 23.2 Å². The standard InChI is InChI=1S/C12H6Cl2F3N5S/c13-6-1-18-9(19-2-6)4-22-3-8(12(15,16)17)21-10(22)7-5-23-11(14)20-7/h1-3,5H,4H2. The normalized spacial score (nSPS) is 11.9. The molecule has 0 bridgehead atoms. The summed E-state index contributed by atoms with van der Waals surface area (Å²) in [4.78, 5) is 15.5. The van der Waals surface area contributed by atoms with Crippen molar-refractivity contribution in [1.82, 2.24) is 24.5 Å². The van der Waals surface area contributed by atoms with Crippen LogP contribution in [0.1, 0.15) is 11.5 Å². The second-order valence-electron chi connectivity index (χ2n) is 4.38. The van der Waals surface area contributed by atoms with Gasteiger partial charge in [0.1, 0.15) is 11.5 Å². The minimum Gasteiger partial charge on any atom is -0.321 e. The average molecular weight is 380 g/mol. The van der Waals surface area contributed by atoms with Crippen LogP contribution in [0.15, 0.2) is 24.0 Å². The largest absolute Gasteiger partial charge is 0.434 e. The number of rotatable bonds is 3. The molecule has 120 valence electrons. The van der Waals surface area contributed by atoms with E-state index < -0.39 is 11.9 Å². The minimum atomic E-state index is -4.57. The Bertz CT molecular complexity index is 828. The Hall–Kier alpha value is -1.71. The van der Waals surface area contributed by atoms with E-state index in [0.29, 0.717) is 10.8 Å². The lowest BCUT2D eigenvalue weighted by Gasteiger charge is -2.04. The summed E-state index contributed by atoms with van der Waals surface area (Å²) in [5.41, 5.74) is -0.768. The Morgan fingerprint density at radius 1 is 1.13 bits per heavy atom. The van der Waals surface area contributed by atoms with Gasteiger partial charge in [0.15, 0.2) is 16.0 Å². The van der Waals surface area contributed by atoms with Crippen LogP contribution in [0.4, 0.5) is 13.2 Å². The SMILES string of the molecule is FC(F)(F)c1cn(Cc2ncc(Cl)cn2)c(-c2csc(Cl)n2)n1. The van der Waals surface area contributed by atoms with Crippen LogP contribution in [0, 0.1) is 0 Å². The summed E-state index contributed by atoms with van der Waals surface area (Å²) in [5.74, 6) is 0.335. The van der Waals surface area contributed by atoms with Crippen LogP contribution >= 0.6 is 34.5 Å². The van der Waals surface area contributed by atoms with E-state index in [0.717, 1.165) is 17.5 Å². The van der Waals surface area contributed by atoms with E-state index in [2.05, 4.69) is 19.9 Å². The van der Waals surface area contributed by atoms with E-state index in [1.54, 1.807) is 0 Å². The average Bonchev–Trinajstić information content (AvgIpc) is 3.07. The molecule has 0 N–H and O–H groups in total. The fraction of sp³-hybridized carbons (Fsp3) is 0.167. The summed E-state index contributed by atoms with van der Waals surface area (Å²) in [6.45, 7) is -0.00920. The Morgan fingerprint density at radius 3 is 2.39 bits per heavy atom. The highest BCUT2D eigenvalue weighted by molar-refractivity contribution is 7.14. The number of hydrogen-bond acceptors (Lipinski definition) is 5. The number of thiazole rings is 1. The van der Waals surface area contributed by atoms with Gasteiger partial charge in [-0.2, -0.15) is 13.2 Å². The molecule has 11 heteroatoms. The zero-order valence-electron chi connectivity index (χ0n) is 11.1. The second-order valence-corrected chi connectivity index (χ2v) is 6.26. The van der Waals surface area contributed by atoms with Crippen molar-refractivity contribution in [3.05, 3.63) is 45.0 Å². The molecule has 0 spiro atoms. The number of alkyl halides is 3. The van der Waals surface area contributed by atoms with Crippen LogP contribution in [0.2, 0.25) is 9.49 Å². The fourth-order valence-electron chi connectivity index (χ4n) is 1.81. The van der Waals surface area contributed by atoms with Gasteiger partial charge in [-0.3, -0.25) is 0 Å². The van der Waals surface area contributed by atoms with Crippen molar-refractivity contribution in [3.63, 3.8) is 0 Å². The summed E-state index contributed by atoms with van der Waals surface area (Å²) in [5, 5.41) is 1.87. The molecule has 0 radical (unpaired) electrons. The van der Waals surface area contributed by atoms with Crippen molar-refractivity contribution in [2.75, 3.05) is 0 Å². The predicted molar refractivity (Wildman–Crippen MR) is 79.5 cm³/mol. The second kappa shape index (κ2) is 6.06. The fourth-order valence-corrected chi connectivity index (χ4v) is 2.65. The Balaban J connectivity index is 2.03. The van der Waals surface area contributed by atoms with Crippen LogP contribution in [-0.4, -0.2) is 24.5 Å². The zero-order chi connectivity index (χ0) is 16.6. The maximum Gasteiger partial charge on any atom is 0.434 e. The molecule has 0 fully saturated rings. The first-order chi connectivity index (χ1) is 10.8. The van der Waals surface area contributed by atoms with Gasteiger partial charge in [0.2, 0.25) is 0 Å². The minimum absolute atomic E-state index is 0.00920. The van der Waals surface area contributed by atoms with Crippen molar-refractivity contribution in [2.24, 2.45) is 0 Å². The highest BCUT2D eigenvalue weighted by Crippen LogP contribution is 2.32. The summed E-state index contributed by atoms with van der Waals surface area (Å²) in [7, 11) is 0. The summed E-state index contributed by atoms with van der Waals surface area (Å²) in [6.07, 6.45) is -0.947. The monoisotopic (exact) mass is 379 g/mol. The molecule has 0 aliphatic heterocycles. The molecule has 3 rings (SSSR count). The summed E-state index contributed by atoms with van der Waals surface area (Å²) in [6, 6.07) is 0. The zero-order valence-corrected chi connectivity index (χ0v) is 13.4. The maximum atomic E-state index is 12.9. The number of nitrogens with zero attached hydrogens (tertiary/aromatic N) is 5. The number of imidazole rings is 1. The third-order valence-electron chi connectivity index (χ3n) is 2.76. The molecule has 0 amide bonds. The third-order valence-corrected chi connectivity index (χ3v) is 3.93. The van der Waals surface area contributed by atoms with Crippen molar-refractivity contribution in [2.45, 2.75) is 12.7 Å². The first-order valence-corrected chi connectivity index (χ1v) is 7.68. The molecule has 0 aliphatic carbocycles. The van der Waals surface area contributed by atoms with Gasteiger partial charge < -0.3 is 4.57 Å². The van der Waals surface area contributed by atoms with E-state index in [-0.39, 0.29) is 22.5 Å². The number of aromatic nitrogens is 5. The molecule has 23 heavy (non-hydrogen) atoms. The Morgan fingerprint density at radius 2 is 1.83 bits per heavy atom. The molecular formula is C12H6Cl2F3N5S. The van der Waals surface area contributed by atoms with Crippen molar-refractivity contribution >= 4 is 34.5 Å². The molecule has 3 heterocycles. The molecule has 0 unspecified atom stereocenters. The lowest BCUT2D eigenvalue weighted by atomic mass is 10.4. The molecule has 0 saturated heterocycles. The lowest BCUT2D eigenvalue weighted by molar-refractivity contribution is -0.140. The smallest absolute Gasteiger partial charge is 0.321 e. The number of halogens is 5. The van der Waals surface area contributed by atoms with Gasteiger partial charge in [-0.25, -0.2) is 19.9 Å². The molecule has 3 aromatic heterocycles. The molecule has 0 saturated carbocycles. The first-order valence-electron chi connectivity index (χ1n) is 6.05. The molecule has 0 aliphatic rings.